The van der Waals surface area contributed by atoms with Crippen LogP contribution in [0.25, 0.3) is 0 Å². The van der Waals surface area contributed by atoms with Crippen LogP contribution in [0, 0.1) is 0 Å². The highest BCUT2D eigenvalue weighted by Crippen LogP contribution is 2.15. The Morgan fingerprint density at radius 1 is 1.50 bits per heavy atom. The molecule has 0 amide bonds. The first-order valence-corrected chi connectivity index (χ1v) is 3.76. The van der Waals surface area contributed by atoms with Crippen molar-refractivity contribution in [3.05, 3.63) is 12.7 Å². The second-order valence-corrected chi connectivity index (χ2v) is 2.21. The highest BCUT2D eigenvalue weighted by Gasteiger charge is 2.38. The molecule has 0 aromatic heterocycles. The quantitative estimate of drug-likeness (QED) is 0.343. The SMILES string of the molecule is C=CC.CC(O)CO.O=C(F)C(F)(F)F.[F-]. The lowest BCUT2D eigenvalue weighted by atomic mass is 10.5. The van der Waals surface area contributed by atoms with Gasteiger partial charge in [0.2, 0.25) is 0 Å². The molecule has 0 aliphatic heterocycles. The fraction of sp³-hybridized carbons (Fsp3) is 0.625. The van der Waals surface area contributed by atoms with E-state index in [0.717, 1.165) is 0 Å². The van der Waals surface area contributed by atoms with Crippen LogP contribution in [0.4, 0.5) is 17.6 Å². The van der Waals surface area contributed by atoms with Crippen molar-refractivity contribution in [2.75, 3.05) is 6.61 Å². The largest absolute Gasteiger partial charge is 1.00 e. The van der Waals surface area contributed by atoms with E-state index in [1.165, 1.54) is 6.92 Å². The van der Waals surface area contributed by atoms with Gasteiger partial charge in [-0.15, -0.1) is 6.58 Å². The van der Waals surface area contributed by atoms with Crippen LogP contribution < -0.4 is 4.70 Å². The van der Waals surface area contributed by atoms with Crippen molar-refractivity contribution in [2.24, 2.45) is 0 Å². The van der Waals surface area contributed by atoms with E-state index in [1.807, 2.05) is 6.92 Å². The first kappa shape index (κ1) is 24.3. The zero-order valence-electron chi connectivity index (χ0n) is 8.76. The third-order valence-electron chi connectivity index (χ3n) is 0.487. The molecule has 100 valence electrons. The third kappa shape index (κ3) is 38.2. The average molecular weight is 253 g/mol. The van der Waals surface area contributed by atoms with Gasteiger partial charge in [-0.05, 0) is 13.8 Å². The smallest absolute Gasteiger partial charge is 0.483 e. The number of carbonyl (C=O) groups is 1. The molecule has 0 rings (SSSR count). The van der Waals surface area contributed by atoms with Crippen molar-refractivity contribution in [1.82, 2.24) is 0 Å². The molecule has 0 aliphatic carbocycles. The van der Waals surface area contributed by atoms with Crippen molar-refractivity contribution in [3.63, 3.8) is 0 Å². The Balaban J connectivity index is -0.0000000710. The van der Waals surface area contributed by atoms with Crippen molar-refractivity contribution in [2.45, 2.75) is 26.1 Å². The Hall–Kier alpha value is -1.02. The van der Waals surface area contributed by atoms with Gasteiger partial charge in [0.25, 0.3) is 0 Å². The molecule has 0 aromatic rings. The first-order chi connectivity index (χ1) is 6.63. The summed E-state index contributed by atoms with van der Waals surface area (Å²) in [6, 6.07) is -3.26. The number of halogens is 5. The molecule has 0 spiro atoms. The number of hydrogen-bond acceptors (Lipinski definition) is 3. The van der Waals surface area contributed by atoms with Crippen LogP contribution >= 0.6 is 0 Å². The molecule has 0 heterocycles. The van der Waals surface area contributed by atoms with Crippen molar-refractivity contribution < 1.29 is 37.3 Å². The lowest BCUT2D eigenvalue weighted by Crippen LogP contribution is -3.00. The molecule has 8 heteroatoms. The van der Waals surface area contributed by atoms with Gasteiger partial charge in [-0.1, -0.05) is 6.08 Å². The summed E-state index contributed by atoms with van der Waals surface area (Å²) in [5, 5.41) is 16.0. The highest BCUT2D eigenvalue weighted by molar-refractivity contribution is 5.74. The van der Waals surface area contributed by atoms with Gasteiger partial charge in [-0.3, -0.25) is 4.79 Å². The maximum atomic E-state index is 10.5. The first-order valence-electron chi connectivity index (χ1n) is 3.76. The van der Waals surface area contributed by atoms with Crippen molar-refractivity contribution in [3.8, 4) is 0 Å². The van der Waals surface area contributed by atoms with Crippen LogP contribution in [0.5, 0.6) is 0 Å². The van der Waals surface area contributed by atoms with E-state index in [2.05, 4.69) is 6.58 Å². The number of hydrogen-bond donors (Lipinski definition) is 2. The minimum Gasteiger partial charge on any atom is -1.00 e. The summed E-state index contributed by atoms with van der Waals surface area (Å²) in [4.78, 5) is 8.67. The zero-order valence-corrected chi connectivity index (χ0v) is 8.76. The number of carbonyl (C=O) groups excluding carboxylic acids is 1. The van der Waals surface area contributed by atoms with Crippen molar-refractivity contribution >= 4 is 6.04 Å². The Labute approximate surface area is 89.8 Å². The lowest BCUT2D eigenvalue weighted by Gasteiger charge is -1.91. The van der Waals surface area contributed by atoms with Crippen LogP contribution in [0.1, 0.15) is 13.8 Å². The predicted molar refractivity (Wildman–Crippen MR) is 46.8 cm³/mol. The van der Waals surface area contributed by atoms with E-state index in [1.54, 1.807) is 6.08 Å². The molecular formula is C8H14F5O3-. The van der Waals surface area contributed by atoms with Gasteiger partial charge in [0, 0.05) is 0 Å². The van der Waals surface area contributed by atoms with E-state index in [9.17, 15) is 17.6 Å². The van der Waals surface area contributed by atoms with Crippen LogP contribution in [-0.4, -0.2) is 35.1 Å². The van der Waals surface area contributed by atoms with Gasteiger partial charge in [0.1, 0.15) is 0 Å². The maximum absolute atomic E-state index is 10.5. The Morgan fingerprint density at radius 2 is 1.62 bits per heavy atom. The van der Waals surface area contributed by atoms with E-state index in [0.29, 0.717) is 0 Å². The molecule has 16 heavy (non-hydrogen) atoms. The summed E-state index contributed by atoms with van der Waals surface area (Å²) in [7, 11) is 0. The molecule has 2 N–H and O–H groups in total. The van der Waals surface area contributed by atoms with E-state index in [4.69, 9.17) is 15.0 Å². The Bertz CT molecular complexity index is 168. The summed E-state index contributed by atoms with van der Waals surface area (Å²) in [5.41, 5.74) is 0. The molecule has 0 radical (unpaired) electrons. The van der Waals surface area contributed by atoms with Crippen LogP contribution in [0.2, 0.25) is 0 Å². The molecule has 1 unspecified atom stereocenters. The standard InChI is InChI=1S/C3H8O2.C3H6.C2F4O.FH/c1-3(5)2-4;1-3-2;3-1(7)2(4,5)6;/h3-5H,2H2,1H3;3H,1H2,2H3;;1H/p-1. The maximum Gasteiger partial charge on any atom is 0.483 e. The topological polar surface area (TPSA) is 57.5 Å². The fourth-order valence-electron chi connectivity index (χ4n) is 0. The van der Waals surface area contributed by atoms with Gasteiger partial charge < -0.3 is 14.9 Å². The van der Waals surface area contributed by atoms with Crippen LogP contribution in [0.15, 0.2) is 12.7 Å². The minimum atomic E-state index is -5.31. The Kier molecular flexibility index (Phi) is 21.2. The van der Waals surface area contributed by atoms with Gasteiger partial charge in [0.15, 0.2) is 0 Å². The monoisotopic (exact) mass is 253 g/mol. The second kappa shape index (κ2) is 14.0. The molecule has 0 saturated carbocycles. The predicted octanol–water partition coefficient (Wildman–Crippen LogP) is -1.40. The fourth-order valence-corrected chi connectivity index (χ4v) is 0. The second-order valence-electron chi connectivity index (χ2n) is 2.21. The van der Waals surface area contributed by atoms with Gasteiger partial charge in [-0.25, -0.2) is 0 Å². The number of aliphatic hydroxyl groups is 2. The van der Waals surface area contributed by atoms with Gasteiger partial charge in [-0.2, -0.15) is 17.6 Å². The summed E-state index contributed by atoms with van der Waals surface area (Å²) >= 11 is 0. The van der Waals surface area contributed by atoms with E-state index >= 15 is 0 Å². The normalized spacial score (nSPS) is 10.5. The summed E-state index contributed by atoms with van der Waals surface area (Å²) in [6.45, 7) is 6.64. The summed E-state index contributed by atoms with van der Waals surface area (Å²) in [5.74, 6) is 0. The molecule has 0 fully saturated rings. The summed E-state index contributed by atoms with van der Waals surface area (Å²) in [6.07, 6.45) is -4.12. The highest BCUT2D eigenvalue weighted by atomic mass is 19.4. The molecule has 3 nitrogen and oxygen atoms in total. The summed E-state index contributed by atoms with van der Waals surface area (Å²) < 4.78 is 41.8. The minimum absolute atomic E-state index is 0. The van der Waals surface area contributed by atoms with Crippen LogP contribution in [-0.2, 0) is 4.79 Å². The average Bonchev–Trinajstić information content (AvgIpc) is 2.05. The molecule has 0 bridgehead atoms. The molecule has 1 atom stereocenters. The van der Waals surface area contributed by atoms with Crippen molar-refractivity contribution in [1.29, 1.82) is 0 Å². The molecular weight excluding hydrogens is 239 g/mol. The van der Waals surface area contributed by atoms with Crippen LogP contribution in [0.3, 0.4) is 0 Å². The molecule has 0 saturated heterocycles. The third-order valence-corrected chi connectivity index (χ3v) is 0.487. The van der Waals surface area contributed by atoms with E-state index in [-0.39, 0.29) is 11.3 Å². The zero-order chi connectivity index (χ0) is 13.1. The Morgan fingerprint density at radius 3 is 1.62 bits per heavy atom. The molecule has 0 aliphatic rings. The number of allylic oxidation sites excluding steroid dienone is 1. The number of rotatable bonds is 1. The number of aliphatic hydroxyl groups excluding tert-OH is 2. The lowest BCUT2D eigenvalue weighted by molar-refractivity contribution is -0.183. The van der Waals surface area contributed by atoms with Gasteiger partial charge in [0.05, 0.1) is 12.7 Å². The number of alkyl halides is 3. The van der Waals surface area contributed by atoms with Gasteiger partial charge >= 0.3 is 12.2 Å². The van der Waals surface area contributed by atoms with E-state index < -0.39 is 18.3 Å². The molecule has 0 aromatic carbocycles.